The van der Waals surface area contributed by atoms with E-state index in [0.717, 1.165) is 39.3 Å². The van der Waals surface area contributed by atoms with Crippen LogP contribution in [0.15, 0.2) is 0 Å². The molecule has 0 aromatic rings. The molecule has 76 valence electrons. The fourth-order valence-corrected chi connectivity index (χ4v) is 2.13. The van der Waals surface area contributed by atoms with Crippen molar-refractivity contribution in [2.75, 3.05) is 39.5 Å². The number of hydrogen-bond donors (Lipinski definition) is 1. The van der Waals surface area contributed by atoms with Crippen LogP contribution < -0.4 is 0 Å². The number of fused-ring (bicyclic) bond motifs is 1. The second-order valence-corrected chi connectivity index (χ2v) is 3.60. The van der Waals surface area contributed by atoms with Crippen molar-refractivity contribution in [3.8, 4) is 0 Å². The summed E-state index contributed by atoms with van der Waals surface area (Å²) in [6, 6.07) is 0.370. The fourth-order valence-electron chi connectivity index (χ4n) is 2.13. The highest BCUT2D eigenvalue weighted by atomic mass is 16.5. The Morgan fingerprint density at radius 1 is 1.38 bits per heavy atom. The normalized spacial score (nSPS) is 35.8. The summed E-state index contributed by atoms with van der Waals surface area (Å²) in [4.78, 5) is 2.27. The SMILES string of the molecule is OCCN1CCOC2CCOCC21. The van der Waals surface area contributed by atoms with Crippen molar-refractivity contribution in [2.24, 2.45) is 0 Å². The summed E-state index contributed by atoms with van der Waals surface area (Å²) in [5, 5.41) is 8.89. The molecule has 0 aromatic carbocycles. The summed E-state index contributed by atoms with van der Waals surface area (Å²) in [6.07, 6.45) is 1.32. The highest BCUT2D eigenvalue weighted by Gasteiger charge is 2.34. The number of nitrogens with zero attached hydrogens (tertiary/aromatic N) is 1. The number of rotatable bonds is 2. The number of aliphatic hydroxyl groups is 1. The lowest BCUT2D eigenvalue weighted by molar-refractivity contribution is -0.133. The predicted molar refractivity (Wildman–Crippen MR) is 47.6 cm³/mol. The van der Waals surface area contributed by atoms with Crippen LogP contribution in [-0.4, -0.2) is 61.7 Å². The maximum absolute atomic E-state index is 8.89. The topological polar surface area (TPSA) is 41.9 Å². The van der Waals surface area contributed by atoms with Crippen molar-refractivity contribution in [3.63, 3.8) is 0 Å². The quantitative estimate of drug-likeness (QED) is 0.631. The third kappa shape index (κ3) is 2.02. The Kier molecular flexibility index (Phi) is 3.16. The van der Waals surface area contributed by atoms with Crippen LogP contribution in [0.1, 0.15) is 6.42 Å². The van der Waals surface area contributed by atoms with Crippen LogP contribution >= 0.6 is 0 Å². The molecule has 2 saturated heterocycles. The zero-order valence-electron chi connectivity index (χ0n) is 7.82. The number of β-amino-alcohol motifs (C(OH)–C–C–N with tert-alkyl or cyclic N) is 1. The van der Waals surface area contributed by atoms with Gasteiger partial charge in [0.05, 0.1) is 32.0 Å². The van der Waals surface area contributed by atoms with Crippen molar-refractivity contribution < 1.29 is 14.6 Å². The van der Waals surface area contributed by atoms with Crippen LogP contribution in [0, 0.1) is 0 Å². The molecule has 2 fully saturated rings. The van der Waals surface area contributed by atoms with Gasteiger partial charge in [-0.3, -0.25) is 4.90 Å². The van der Waals surface area contributed by atoms with Gasteiger partial charge in [-0.05, 0) is 6.42 Å². The van der Waals surface area contributed by atoms with Gasteiger partial charge in [0.2, 0.25) is 0 Å². The molecule has 0 amide bonds. The summed E-state index contributed by atoms with van der Waals surface area (Å²) in [6.45, 7) is 4.25. The molecule has 2 atom stereocenters. The lowest BCUT2D eigenvalue weighted by Gasteiger charge is -2.43. The van der Waals surface area contributed by atoms with Crippen LogP contribution in [0.4, 0.5) is 0 Å². The Bertz CT molecular complexity index is 161. The van der Waals surface area contributed by atoms with Gasteiger partial charge < -0.3 is 14.6 Å². The first-order chi connectivity index (χ1) is 6.42. The molecular formula is C9H17NO3. The Morgan fingerprint density at radius 3 is 3.15 bits per heavy atom. The van der Waals surface area contributed by atoms with Crippen LogP contribution in [0.25, 0.3) is 0 Å². The molecule has 0 bridgehead atoms. The van der Waals surface area contributed by atoms with Crippen LogP contribution in [0.2, 0.25) is 0 Å². The zero-order valence-corrected chi connectivity index (χ0v) is 7.82. The van der Waals surface area contributed by atoms with Crippen molar-refractivity contribution in [1.82, 2.24) is 4.90 Å². The van der Waals surface area contributed by atoms with E-state index in [-0.39, 0.29) is 6.61 Å². The Morgan fingerprint density at radius 2 is 2.31 bits per heavy atom. The van der Waals surface area contributed by atoms with E-state index in [4.69, 9.17) is 14.6 Å². The van der Waals surface area contributed by atoms with Crippen LogP contribution in [-0.2, 0) is 9.47 Å². The summed E-state index contributed by atoms with van der Waals surface area (Å²) in [5.74, 6) is 0. The largest absolute Gasteiger partial charge is 0.395 e. The van der Waals surface area contributed by atoms with E-state index >= 15 is 0 Å². The molecule has 4 heteroatoms. The number of morpholine rings is 1. The van der Waals surface area contributed by atoms with Crippen molar-refractivity contribution in [2.45, 2.75) is 18.6 Å². The molecule has 0 radical (unpaired) electrons. The molecule has 0 saturated carbocycles. The predicted octanol–water partition coefficient (Wildman–Crippen LogP) is -0.532. The summed E-state index contributed by atoms with van der Waals surface area (Å²) >= 11 is 0. The van der Waals surface area contributed by atoms with Crippen molar-refractivity contribution in [1.29, 1.82) is 0 Å². The number of ether oxygens (including phenoxy) is 2. The average Bonchev–Trinajstić information content (AvgIpc) is 2.19. The lowest BCUT2D eigenvalue weighted by atomic mass is 10.0. The van der Waals surface area contributed by atoms with E-state index < -0.39 is 0 Å². The minimum atomic E-state index is 0.225. The van der Waals surface area contributed by atoms with E-state index in [1.54, 1.807) is 0 Å². The Labute approximate surface area is 78.4 Å². The fraction of sp³-hybridized carbons (Fsp3) is 1.00. The van der Waals surface area contributed by atoms with Gasteiger partial charge in [-0.25, -0.2) is 0 Å². The lowest BCUT2D eigenvalue weighted by Crippen LogP contribution is -2.56. The number of hydrogen-bond acceptors (Lipinski definition) is 4. The molecule has 0 aliphatic carbocycles. The van der Waals surface area contributed by atoms with Crippen LogP contribution in [0.3, 0.4) is 0 Å². The second kappa shape index (κ2) is 4.37. The second-order valence-electron chi connectivity index (χ2n) is 3.60. The summed E-state index contributed by atoms with van der Waals surface area (Å²) in [7, 11) is 0. The van der Waals surface area contributed by atoms with E-state index in [1.165, 1.54) is 0 Å². The Balaban J connectivity index is 1.94. The highest BCUT2D eigenvalue weighted by molar-refractivity contribution is 4.86. The molecule has 2 heterocycles. The van der Waals surface area contributed by atoms with E-state index in [2.05, 4.69) is 4.90 Å². The van der Waals surface area contributed by atoms with Gasteiger partial charge in [0.1, 0.15) is 0 Å². The summed E-state index contributed by atoms with van der Waals surface area (Å²) < 4.78 is 11.1. The summed E-state index contributed by atoms with van der Waals surface area (Å²) in [5.41, 5.74) is 0. The smallest absolute Gasteiger partial charge is 0.0775 e. The maximum Gasteiger partial charge on any atom is 0.0775 e. The first-order valence-electron chi connectivity index (χ1n) is 4.96. The molecule has 2 aliphatic heterocycles. The van der Waals surface area contributed by atoms with Crippen molar-refractivity contribution in [3.05, 3.63) is 0 Å². The average molecular weight is 187 g/mol. The molecule has 1 N–H and O–H groups in total. The van der Waals surface area contributed by atoms with Gasteiger partial charge in [-0.2, -0.15) is 0 Å². The standard InChI is InChI=1S/C9H17NO3/c11-4-2-10-3-6-13-9-1-5-12-7-8(9)10/h8-9,11H,1-7H2. The van der Waals surface area contributed by atoms with E-state index in [1.807, 2.05) is 0 Å². The third-order valence-corrected chi connectivity index (χ3v) is 2.83. The third-order valence-electron chi connectivity index (χ3n) is 2.83. The van der Waals surface area contributed by atoms with Gasteiger partial charge in [0.25, 0.3) is 0 Å². The molecule has 0 aromatic heterocycles. The Hall–Kier alpha value is -0.160. The van der Waals surface area contributed by atoms with Gasteiger partial charge in [-0.1, -0.05) is 0 Å². The zero-order chi connectivity index (χ0) is 9.10. The molecule has 2 rings (SSSR count). The van der Waals surface area contributed by atoms with Gasteiger partial charge in [-0.15, -0.1) is 0 Å². The monoisotopic (exact) mass is 187 g/mol. The first-order valence-corrected chi connectivity index (χ1v) is 4.96. The van der Waals surface area contributed by atoms with E-state index in [9.17, 15) is 0 Å². The van der Waals surface area contributed by atoms with E-state index in [0.29, 0.717) is 12.1 Å². The molecule has 2 aliphatic rings. The molecule has 2 unspecified atom stereocenters. The van der Waals surface area contributed by atoms with Gasteiger partial charge in [0.15, 0.2) is 0 Å². The van der Waals surface area contributed by atoms with Crippen molar-refractivity contribution >= 4 is 0 Å². The number of aliphatic hydroxyl groups excluding tert-OH is 1. The van der Waals surface area contributed by atoms with Gasteiger partial charge >= 0.3 is 0 Å². The molecule has 13 heavy (non-hydrogen) atoms. The molecule has 4 nitrogen and oxygen atoms in total. The first kappa shape index (κ1) is 9.40. The minimum absolute atomic E-state index is 0.225. The highest BCUT2D eigenvalue weighted by Crippen LogP contribution is 2.20. The maximum atomic E-state index is 8.89. The molecule has 0 spiro atoms. The van der Waals surface area contributed by atoms with Gasteiger partial charge in [0, 0.05) is 19.7 Å². The van der Waals surface area contributed by atoms with Crippen LogP contribution in [0.5, 0.6) is 0 Å². The molecular weight excluding hydrogens is 170 g/mol. The minimum Gasteiger partial charge on any atom is -0.395 e.